The molecule has 2 rings (SSSR count). The van der Waals surface area contributed by atoms with Crippen molar-refractivity contribution in [3.8, 4) is 0 Å². The van der Waals surface area contributed by atoms with E-state index in [1.54, 1.807) is 0 Å². The van der Waals surface area contributed by atoms with Gasteiger partial charge in [0.2, 0.25) is 0 Å². The Morgan fingerprint density at radius 2 is 2.12 bits per heavy atom. The highest BCUT2D eigenvalue weighted by molar-refractivity contribution is 5.14. The molecule has 1 N–H and O–H groups in total. The molecule has 0 radical (unpaired) electrons. The molecule has 1 fully saturated rings. The maximum absolute atomic E-state index is 5.60. The van der Waals surface area contributed by atoms with Gasteiger partial charge < -0.3 is 14.8 Å². The Labute approximate surface area is 102 Å². The number of nitrogens with zero attached hydrogens (tertiary/aromatic N) is 2. The number of aromatic nitrogens is 2. The molecule has 2 heterocycles. The van der Waals surface area contributed by atoms with Crippen molar-refractivity contribution in [2.24, 2.45) is 7.05 Å². The monoisotopic (exact) mass is 239 g/mol. The van der Waals surface area contributed by atoms with Crippen LogP contribution in [0.5, 0.6) is 0 Å². The van der Waals surface area contributed by atoms with E-state index in [2.05, 4.69) is 10.4 Å². The van der Waals surface area contributed by atoms with Crippen molar-refractivity contribution < 1.29 is 9.47 Å². The summed E-state index contributed by atoms with van der Waals surface area (Å²) in [6.45, 7) is 8.08. The molecule has 0 saturated carbocycles. The van der Waals surface area contributed by atoms with Crippen LogP contribution >= 0.6 is 0 Å². The van der Waals surface area contributed by atoms with Crippen LogP contribution in [-0.4, -0.2) is 34.8 Å². The smallest absolute Gasteiger partial charge is 0.162 e. The minimum absolute atomic E-state index is 0.252. The predicted molar refractivity (Wildman–Crippen MR) is 64.6 cm³/mol. The normalized spacial score (nSPS) is 20.7. The topological polar surface area (TPSA) is 48.3 Å². The van der Waals surface area contributed by atoms with Crippen molar-refractivity contribution in [2.75, 3.05) is 13.2 Å². The van der Waals surface area contributed by atoms with Gasteiger partial charge in [-0.1, -0.05) is 0 Å². The zero-order valence-electron chi connectivity index (χ0n) is 11.0. The third-order valence-corrected chi connectivity index (χ3v) is 2.96. The van der Waals surface area contributed by atoms with Crippen molar-refractivity contribution in [1.29, 1.82) is 0 Å². The maximum atomic E-state index is 5.60. The lowest BCUT2D eigenvalue weighted by Gasteiger charge is -2.35. The van der Waals surface area contributed by atoms with Crippen molar-refractivity contribution in [2.45, 2.75) is 39.1 Å². The lowest BCUT2D eigenvalue weighted by Crippen LogP contribution is -2.48. The Balaban J connectivity index is 1.82. The first kappa shape index (κ1) is 12.5. The van der Waals surface area contributed by atoms with E-state index in [0.717, 1.165) is 12.2 Å². The van der Waals surface area contributed by atoms with Crippen LogP contribution in [0.1, 0.15) is 25.1 Å². The van der Waals surface area contributed by atoms with Crippen molar-refractivity contribution in [1.82, 2.24) is 15.1 Å². The standard InChI is InChI=1S/C12H21N3O2/c1-9-10(6-15(4)14-9)5-13-11-7-16-12(2,3)17-8-11/h6,11,13H,5,7-8H2,1-4H3. The Bertz CT molecular complexity index is 377. The van der Waals surface area contributed by atoms with E-state index in [4.69, 9.17) is 9.47 Å². The second-order valence-corrected chi connectivity index (χ2v) is 5.01. The molecule has 0 aromatic carbocycles. The van der Waals surface area contributed by atoms with E-state index in [0.29, 0.717) is 13.2 Å². The molecule has 0 unspecified atom stereocenters. The molecule has 17 heavy (non-hydrogen) atoms. The summed E-state index contributed by atoms with van der Waals surface area (Å²) in [7, 11) is 1.94. The first-order valence-corrected chi connectivity index (χ1v) is 5.97. The van der Waals surface area contributed by atoms with Gasteiger partial charge in [0.15, 0.2) is 5.79 Å². The molecule has 0 atom stereocenters. The molecule has 1 aliphatic heterocycles. The van der Waals surface area contributed by atoms with E-state index >= 15 is 0 Å². The molecule has 1 aromatic heterocycles. The van der Waals surface area contributed by atoms with Gasteiger partial charge in [0.1, 0.15) is 0 Å². The Morgan fingerprint density at radius 1 is 1.47 bits per heavy atom. The van der Waals surface area contributed by atoms with Gasteiger partial charge in [0.05, 0.1) is 24.9 Å². The van der Waals surface area contributed by atoms with Crippen molar-refractivity contribution in [3.05, 3.63) is 17.5 Å². The molecule has 5 nitrogen and oxygen atoms in total. The average Bonchev–Trinajstić information content (AvgIpc) is 2.56. The molecule has 5 heteroatoms. The Hall–Kier alpha value is -0.910. The summed E-state index contributed by atoms with van der Waals surface area (Å²) < 4.78 is 13.0. The lowest BCUT2D eigenvalue weighted by molar-refractivity contribution is -0.253. The minimum Gasteiger partial charge on any atom is -0.349 e. The molecule has 0 spiro atoms. The molecule has 0 amide bonds. The fraction of sp³-hybridized carbons (Fsp3) is 0.750. The first-order chi connectivity index (χ1) is 7.96. The Kier molecular flexibility index (Phi) is 3.51. The summed E-state index contributed by atoms with van der Waals surface area (Å²) >= 11 is 0. The molecule has 0 bridgehead atoms. The van der Waals surface area contributed by atoms with Gasteiger partial charge in [-0.2, -0.15) is 5.10 Å². The van der Waals surface area contributed by atoms with Crippen molar-refractivity contribution in [3.63, 3.8) is 0 Å². The molecular formula is C12H21N3O2. The SMILES string of the molecule is Cc1nn(C)cc1CNC1COC(C)(C)OC1. The molecular weight excluding hydrogens is 218 g/mol. The van der Waals surface area contributed by atoms with Gasteiger partial charge in [0.25, 0.3) is 0 Å². The number of nitrogens with one attached hydrogen (secondary N) is 1. The molecule has 0 aliphatic carbocycles. The van der Waals surface area contributed by atoms with Gasteiger partial charge in [-0.3, -0.25) is 4.68 Å². The van der Waals surface area contributed by atoms with Crippen LogP contribution in [0.2, 0.25) is 0 Å². The second-order valence-electron chi connectivity index (χ2n) is 5.01. The van der Waals surface area contributed by atoms with Crippen LogP contribution in [0, 0.1) is 6.92 Å². The summed E-state index contributed by atoms with van der Waals surface area (Å²) in [4.78, 5) is 0. The largest absolute Gasteiger partial charge is 0.349 e. The molecule has 1 aromatic rings. The summed E-state index contributed by atoms with van der Waals surface area (Å²) in [6, 6.07) is 0.252. The zero-order chi connectivity index (χ0) is 12.5. The summed E-state index contributed by atoms with van der Waals surface area (Å²) in [6.07, 6.45) is 2.04. The van der Waals surface area contributed by atoms with E-state index in [-0.39, 0.29) is 6.04 Å². The van der Waals surface area contributed by atoms with E-state index in [1.807, 2.05) is 38.7 Å². The highest BCUT2D eigenvalue weighted by atomic mass is 16.7. The number of hydrogen-bond acceptors (Lipinski definition) is 4. The number of rotatable bonds is 3. The van der Waals surface area contributed by atoms with Crippen LogP contribution in [0.3, 0.4) is 0 Å². The van der Waals surface area contributed by atoms with Crippen LogP contribution in [-0.2, 0) is 23.1 Å². The van der Waals surface area contributed by atoms with Crippen LogP contribution in [0.4, 0.5) is 0 Å². The van der Waals surface area contributed by atoms with E-state index in [9.17, 15) is 0 Å². The maximum Gasteiger partial charge on any atom is 0.162 e. The zero-order valence-corrected chi connectivity index (χ0v) is 11.0. The van der Waals surface area contributed by atoms with Gasteiger partial charge in [0, 0.05) is 25.4 Å². The summed E-state index contributed by atoms with van der Waals surface area (Å²) in [5, 5.41) is 7.74. The fourth-order valence-electron chi connectivity index (χ4n) is 1.89. The summed E-state index contributed by atoms with van der Waals surface area (Å²) in [5.74, 6) is -0.442. The van der Waals surface area contributed by atoms with Gasteiger partial charge >= 0.3 is 0 Å². The third-order valence-electron chi connectivity index (χ3n) is 2.96. The molecule has 1 aliphatic rings. The number of hydrogen-bond donors (Lipinski definition) is 1. The second kappa shape index (κ2) is 4.76. The van der Waals surface area contributed by atoms with Gasteiger partial charge in [-0.25, -0.2) is 0 Å². The van der Waals surface area contributed by atoms with E-state index in [1.165, 1.54) is 5.56 Å². The minimum atomic E-state index is -0.442. The lowest BCUT2D eigenvalue weighted by atomic mass is 10.2. The van der Waals surface area contributed by atoms with Crippen LogP contribution in [0.15, 0.2) is 6.20 Å². The third kappa shape index (κ3) is 3.28. The highest BCUT2D eigenvalue weighted by Gasteiger charge is 2.27. The van der Waals surface area contributed by atoms with Gasteiger partial charge in [-0.05, 0) is 20.8 Å². The van der Waals surface area contributed by atoms with E-state index < -0.39 is 5.79 Å². The number of ether oxygens (including phenoxy) is 2. The molecule has 1 saturated heterocycles. The van der Waals surface area contributed by atoms with Gasteiger partial charge in [-0.15, -0.1) is 0 Å². The Morgan fingerprint density at radius 3 is 2.65 bits per heavy atom. The average molecular weight is 239 g/mol. The van der Waals surface area contributed by atoms with Crippen LogP contribution in [0.25, 0.3) is 0 Å². The molecule has 96 valence electrons. The summed E-state index contributed by atoms with van der Waals surface area (Å²) in [5.41, 5.74) is 2.29. The number of aryl methyl sites for hydroxylation is 2. The quantitative estimate of drug-likeness (QED) is 0.854. The fourth-order valence-corrected chi connectivity index (χ4v) is 1.89. The van der Waals surface area contributed by atoms with Crippen LogP contribution < -0.4 is 5.32 Å². The predicted octanol–water partition coefficient (Wildman–Crippen LogP) is 0.970. The first-order valence-electron chi connectivity index (χ1n) is 5.97. The van der Waals surface area contributed by atoms with Crippen molar-refractivity contribution >= 4 is 0 Å². The highest BCUT2D eigenvalue weighted by Crippen LogP contribution is 2.17.